The Morgan fingerprint density at radius 3 is 2.66 bits per heavy atom. The van der Waals surface area contributed by atoms with E-state index < -0.39 is 24.2 Å². The maximum Gasteiger partial charge on any atom is 0.414 e. The smallest absolute Gasteiger partial charge is 0.414 e. The van der Waals surface area contributed by atoms with Crippen molar-refractivity contribution >= 4 is 30.1 Å². The van der Waals surface area contributed by atoms with Gasteiger partial charge in [0.2, 0.25) is 12.3 Å². The Bertz CT molecular complexity index is 822. The van der Waals surface area contributed by atoms with Crippen LogP contribution in [0.2, 0.25) is 0 Å². The van der Waals surface area contributed by atoms with Crippen molar-refractivity contribution in [3.63, 3.8) is 0 Å². The van der Waals surface area contributed by atoms with Crippen LogP contribution in [0.25, 0.3) is 0 Å². The van der Waals surface area contributed by atoms with Crippen molar-refractivity contribution in [2.24, 2.45) is 0 Å². The van der Waals surface area contributed by atoms with Gasteiger partial charge in [0.25, 0.3) is 0 Å². The highest BCUT2D eigenvalue weighted by molar-refractivity contribution is 5.90. The number of benzene rings is 1. The van der Waals surface area contributed by atoms with Crippen LogP contribution in [0.5, 0.6) is 0 Å². The van der Waals surface area contributed by atoms with E-state index in [2.05, 4.69) is 5.32 Å². The van der Waals surface area contributed by atoms with Gasteiger partial charge in [0.15, 0.2) is 0 Å². The van der Waals surface area contributed by atoms with Crippen LogP contribution in [0.1, 0.15) is 18.4 Å². The Kier molecular flexibility index (Phi) is 6.16. The monoisotopic (exact) mass is 401 g/mol. The summed E-state index contributed by atoms with van der Waals surface area (Å²) in [6, 6.07) is 6.40. The number of carbonyl (C=O) groups is 4. The maximum absolute atomic E-state index is 12.2. The minimum Gasteiger partial charge on any atom is -0.467 e. The second-order valence-corrected chi connectivity index (χ2v) is 6.87. The third kappa shape index (κ3) is 4.39. The molecular weight excluding hydrogens is 378 g/mol. The second-order valence-electron chi connectivity index (χ2n) is 6.87. The number of hydrogen-bond acceptors (Lipinski definition) is 6. The van der Waals surface area contributed by atoms with Gasteiger partial charge in [-0.15, -0.1) is 0 Å². The Hall–Kier alpha value is -3.36. The Morgan fingerprint density at radius 2 is 2.03 bits per heavy atom. The molecule has 0 aliphatic carbocycles. The second kappa shape index (κ2) is 8.76. The largest absolute Gasteiger partial charge is 0.467 e. The summed E-state index contributed by atoms with van der Waals surface area (Å²) in [6.45, 7) is 2.32. The number of rotatable bonds is 6. The van der Waals surface area contributed by atoms with Crippen LogP contribution < -0.4 is 10.2 Å². The van der Waals surface area contributed by atoms with Crippen LogP contribution in [0.3, 0.4) is 0 Å². The summed E-state index contributed by atoms with van der Waals surface area (Å²) in [5, 5.41) is 2.64. The topological polar surface area (TPSA) is 105 Å². The number of amides is 3. The third-order valence-electron chi connectivity index (χ3n) is 4.98. The van der Waals surface area contributed by atoms with Gasteiger partial charge >= 0.3 is 12.1 Å². The average Bonchev–Trinajstić information content (AvgIpc) is 3.11. The highest BCUT2D eigenvalue weighted by atomic mass is 16.6. The van der Waals surface area contributed by atoms with Crippen molar-refractivity contribution < 1.29 is 28.7 Å². The van der Waals surface area contributed by atoms with Crippen LogP contribution in [-0.2, 0) is 23.9 Å². The molecule has 0 saturated carbocycles. The molecule has 3 amide bonds. The summed E-state index contributed by atoms with van der Waals surface area (Å²) in [4.78, 5) is 49.7. The van der Waals surface area contributed by atoms with Gasteiger partial charge in [-0.05, 0) is 17.7 Å². The fourth-order valence-electron chi connectivity index (χ4n) is 3.53. The average molecular weight is 401 g/mol. The van der Waals surface area contributed by atoms with Gasteiger partial charge in [0, 0.05) is 25.1 Å². The number of ether oxygens (including phenoxy) is 2. The van der Waals surface area contributed by atoms with Crippen molar-refractivity contribution in [1.29, 1.82) is 0 Å². The van der Waals surface area contributed by atoms with Gasteiger partial charge in [-0.1, -0.05) is 24.3 Å². The fraction of sp³-hybridized carbons (Fsp3) is 0.400. The zero-order valence-electron chi connectivity index (χ0n) is 16.2. The molecule has 0 bridgehead atoms. The summed E-state index contributed by atoms with van der Waals surface area (Å²) < 4.78 is 10.1. The summed E-state index contributed by atoms with van der Waals surface area (Å²) >= 11 is 0. The van der Waals surface area contributed by atoms with Gasteiger partial charge in [-0.25, -0.2) is 9.59 Å². The van der Waals surface area contributed by atoms with Crippen LogP contribution >= 0.6 is 0 Å². The normalized spacial score (nSPS) is 23.5. The van der Waals surface area contributed by atoms with Crippen molar-refractivity contribution in [2.75, 3.05) is 31.6 Å². The predicted octanol–water partition coefficient (Wildman–Crippen LogP) is 0.801. The van der Waals surface area contributed by atoms with Crippen LogP contribution in [0.15, 0.2) is 36.4 Å². The van der Waals surface area contributed by atoms with E-state index in [1.54, 1.807) is 12.1 Å². The van der Waals surface area contributed by atoms with Crippen molar-refractivity contribution in [3.8, 4) is 0 Å². The number of methoxy groups -OCH3 is 1. The molecule has 0 aromatic heterocycles. The van der Waals surface area contributed by atoms with E-state index in [0.29, 0.717) is 25.2 Å². The number of nitrogens with one attached hydrogen (secondary N) is 1. The molecule has 1 fully saturated rings. The minimum absolute atomic E-state index is 0.186. The maximum atomic E-state index is 12.2. The Balaban J connectivity index is 1.75. The first-order valence-electron chi connectivity index (χ1n) is 9.22. The first-order valence-corrected chi connectivity index (χ1v) is 9.22. The van der Waals surface area contributed by atoms with E-state index in [9.17, 15) is 19.2 Å². The Morgan fingerprint density at radius 1 is 1.31 bits per heavy atom. The molecule has 2 aliphatic heterocycles. The lowest BCUT2D eigenvalue weighted by Gasteiger charge is -2.34. The molecule has 9 heteroatoms. The molecule has 0 radical (unpaired) electrons. The fourth-order valence-corrected chi connectivity index (χ4v) is 3.53. The minimum atomic E-state index is -0.743. The SMILES string of the molecule is COC(=O)C1C(c2ccc(N3C[C@H](CNC(C)=O)OC3=O)cc2)C=CCN1C=O. The zero-order chi connectivity index (χ0) is 21.0. The lowest BCUT2D eigenvalue weighted by atomic mass is 9.87. The lowest BCUT2D eigenvalue weighted by Crippen LogP contribution is -2.46. The summed E-state index contributed by atoms with van der Waals surface area (Å²) in [5.74, 6) is -1.03. The molecule has 2 aliphatic rings. The number of hydrogen-bond donors (Lipinski definition) is 1. The molecule has 1 saturated heterocycles. The quantitative estimate of drug-likeness (QED) is 0.430. The lowest BCUT2D eigenvalue weighted by molar-refractivity contribution is -0.150. The van der Waals surface area contributed by atoms with E-state index in [0.717, 1.165) is 5.56 Å². The first kappa shape index (κ1) is 20.4. The van der Waals surface area contributed by atoms with E-state index >= 15 is 0 Å². The Labute approximate surface area is 168 Å². The molecule has 2 unspecified atom stereocenters. The number of esters is 1. The molecular formula is C20H23N3O6. The number of cyclic esters (lactones) is 1. The third-order valence-corrected chi connectivity index (χ3v) is 4.98. The zero-order valence-corrected chi connectivity index (χ0v) is 16.2. The molecule has 9 nitrogen and oxygen atoms in total. The van der Waals surface area contributed by atoms with E-state index in [-0.39, 0.29) is 18.4 Å². The molecule has 1 aromatic rings. The number of anilines is 1. The van der Waals surface area contributed by atoms with Crippen LogP contribution in [0.4, 0.5) is 10.5 Å². The van der Waals surface area contributed by atoms with Gasteiger partial charge in [0.05, 0.1) is 20.2 Å². The van der Waals surface area contributed by atoms with Crippen molar-refractivity contribution in [2.45, 2.75) is 25.0 Å². The highest BCUT2D eigenvalue weighted by Gasteiger charge is 2.36. The van der Waals surface area contributed by atoms with Gasteiger partial charge < -0.3 is 19.7 Å². The summed E-state index contributed by atoms with van der Waals surface area (Å²) in [5.41, 5.74) is 1.46. The molecule has 1 aromatic carbocycles. The molecule has 154 valence electrons. The number of nitrogens with zero attached hydrogens (tertiary/aromatic N) is 2. The molecule has 3 atom stereocenters. The van der Waals surface area contributed by atoms with E-state index in [1.807, 2.05) is 24.3 Å². The molecule has 29 heavy (non-hydrogen) atoms. The van der Waals surface area contributed by atoms with Crippen LogP contribution in [-0.4, -0.2) is 68.2 Å². The molecule has 3 rings (SSSR count). The summed E-state index contributed by atoms with van der Waals surface area (Å²) in [7, 11) is 1.29. The molecule has 2 heterocycles. The van der Waals surface area contributed by atoms with E-state index in [1.165, 1.54) is 23.8 Å². The first-order chi connectivity index (χ1) is 13.9. The number of carbonyl (C=O) groups excluding carboxylic acids is 4. The van der Waals surface area contributed by atoms with Crippen molar-refractivity contribution in [1.82, 2.24) is 10.2 Å². The highest BCUT2D eigenvalue weighted by Crippen LogP contribution is 2.31. The standard InChI is InChI=1S/C20H23N3O6/c1-13(25)21-10-16-11-23(20(27)29-16)15-7-5-14(6-8-15)17-4-3-9-22(12-24)18(17)19(26)28-2/h3-8,12,16-18H,9-11H2,1-2H3,(H,21,25)/t16-,17?,18?/m0/s1. The van der Waals surface area contributed by atoms with Gasteiger partial charge in [-0.3, -0.25) is 14.5 Å². The van der Waals surface area contributed by atoms with E-state index in [4.69, 9.17) is 9.47 Å². The summed E-state index contributed by atoms with van der Waals surface area (Å²) in [6.07, 6.45) is 3.45. The van der Waals surface area contributed by atoms with Gasteiger partial charge in [0.1, 0.15) is 12.1 Å². The molecule has 0 spiro atoms. The van der Waals surface area contributed by atoms with Crippen LogP contribution in [0, 0.1) is 0 Å². The van der Waals surface area contributed by atoms with Gasteiger partial charge in [-0.2, -0.15) is 0 Å². The predicted molar refractivity (Wildman–Crippen MR) is 103 cm³/mol. The molecule has 1 N–H and O–H groups in total. The van der Waals surface area contributed by atoms with Crippen molar-refractivity contribution in [3.05, 3.63) is 42.0 Å².